The Kier molecular flexibility index (Phi) is 5.82. The van der Waals surface area contributed by atoms with Gasteiger partial charge in [-0.3, -0.25) is 9.88 Å². The van der Waals surface area contributed by atoms with Gasteiger partial charge in [0, 0.05) is 12.1 Å². The van der Waals surface area contributed by atoms with Gasteiger partial charge in [-0.15, -0.1) is 0 Å². The number of ether oxygens (including phenoxy) is 2. The molecule has 210 valence electrons. The summed E-state index contributed by atoms with van der Waals surface area (Å²) < 4.78 is 91.3. The van der Waals surface area contributed by atoms with Crippen molar-refractivity contribution in [2.75, 3.05) is 5.32 Å². The summed E-state index contributed by atoms with van der Waals surface area (Å²) in [7, 11) is 0. The zero-order valence-corrected chi connectivity index (χ0v) is 20.6. The summed E-state index contributed by atoms with van der Waals surface area (Å²) in [5.41, 5.74) is -5.87. The van der Waals surface area contributed by atoms with Crippen molar-refractivity contribution in [1.82, 2.24) is 4.57 Å². The molecule has 3 atom stereocenters. The second kappa shape index (κ2) is 8.56. The maximum Gasteiger partial charge on any atom is 0.417 e. The van der Waals surface area contributed by atoms with E-state index in [1.807, 2.05) is 0 Å². The first-order valence-corrected chi connectivity index (χ1v) is 11.6. The number of hydrogen-bond acceptors (Lipinski definition) is 6. The SMILES string of the molecule is C[C@]12C[C@@H](OC(=O)Nc3ccc(C(F)(F)F)cc3)[C@](C)(O1)c1c2c(O)n(-c2ccc(C#N)c(C(F)(F)F)c2)c1O. The highest BCUT2D eigenvalue weighted by molar-refractivity contribution is 5.85. The van der Waals surface area contributed by atoms with Crippen LogP contribution >= 0.6 is 0 Å². The number of anilines is 1. The monoisotopic (exact) mass is 567 g/mol. The predicted molar refractivity (Wildman–Crippen MR) is 125 cm³/mol. The molecule has 2 aliphatic heterocycles. The lowest BCUT2D eigenvalue weighted by atomic mass is 9.78. The summed E-state index contributed by atoms with van der Waals surface area (Å²) in [6.45, 7) is 3.00. The first kappa shape index (κ1) is 27.2. The van der Waals surface area contributed by atoms with E-state index in [0.29, 0.717) is 6.07 Å². The quantitative estimate of drug-likeness (QED) is 0.321. The van der Waals surface area contributed by atoms with E-state index in [1.165, 1.54) is 19.9 Å². The average Bonchev–Trinajstić information content (AvgIpc) is 3.37. The van der Waals surface area contributed by atoms with Gasteiger partial charge in [-0.1, -0.05) is 0 Å². The summed E-state index contributed by atoms with van der Waals surface area (Å²) in [5, 5.41) is 33.5. The van der Waals surface area contributed by atoms with Crippen LogP contribution in [0.2, 0.25) is 0 Å². The molecule has 3 heterocycles. The summed E-state index contributed by atoms with van der Waals surface area (Å²) in [4.78, 5) is 12.6. The first-order chi connectivity index (χ1) is 18.5. The Morgan fingerprint density at radius 2 is 1.68 bits per heavy atom. The molecule has 2 aliphatic rings. The molecule has 1 saturated heterocycles. The second-order valence-electron chi connectivity index (χ2n) is 9.81. The maximum absolute atomic E-state index is 13.5. The van der Waals surface area contributed by atoms with E-state index in [-0.39, 0.29) is 28.9 Å². The fourth-order valence-electron chi connectivity index (χ4n) is 5.43. The molecular weight excluding hydrogens is 548 g/mol. The zero-order chi connectivity index (χ0) is 29.4. The van der Waals surface area contributed by atoms with Crippen molar-refractivity contribution in [1.29, 1.82) is 5.26 Å². The highest BCUT2D eigenvalue weighted by Crippen LogP contribution is 2.65. The second-order valence-corrected chi connectivity index (χ2v) is 9.81. The number of aromatic nitrogens is 1. The van der Waals surface area contributed by atoms with Gasteiger partial charge in [-0.25, -0.2) is 4.79 Å². The van der Waals surface area contributed by atoms with Crippen LogP contribution in [0.4, 0.5) is 36.8 Å². The van der Waals surface area contributed by atoms with Crippen LogP contribution in [0.25, 0.3) is 5.69 Å². The number of amides is 1. The van der Waals surface area contributed by atoms with Gasteiger partial charge in [0.2, 0.25) is 11.8 Å². The number of alkyl halides is 6. The van der Waals surface area contributed by atoms with E-state index >= 15 is 0 Å². The number of nitrogens with one attached hydrogen (secondary N) is 1. The number of nitrogens with zero attached hydrogens (tertiary/aromatic N) is 2. The van der Waals surface area contributed by atoms with Crippen molar-refractivity contribution in [3.8, 4) is 23.5 Å². The molecular formula is C26H19F6N3O5. The summed E-state index contributed by atoms with van der Waals surface area (Å²) >= 11 is 0. The number of halogens is 6. The van der Waals surface area contributed by atoms with Crippen LogP contribution in [-0.4, -0.2) is 27.0 Å². The molecule has 3 N–H and O–H groups in total. The maximum atomic E-state index is 13.5. The van der Waals surface area contributed by atoms with Gasteiger partial charge in [-0.05, 0) is 56.3 Å². The van der Waals surface area contributed by atoms with E-state index < -0.39 is 64.2 Å². The van der Waals surface area contributed by atoms with Crippen LogP contribution in [0.5, 0.6) is 11.8 Å². The highest BCUT2D eigenvalue weighted by atomic mass is 19.4. The number of carbonyl (C=O) groups is 1. The largest absolute Gasteiger partial charge is 0.494 e. The van der Waals surface area contributed by atoms with Gasteiger partial charge in [0.15, 0.2) is 0 Å². The molecule has 1 fully saturated rings. The normalized spacial score (nSPS) is 23.5. The molecule has 14 heteroatoms. The number of fused-ring (bicyclic) bond motifs is 5. The molecule has 0 unspecified atom stereocenters. The number of benzene rings is 2. The molecule has 0 radical (unpaired) electrons. The molecule has 2 aromatic carbocycles. The Balaban J connectivity index is 1.46. The standard InChI is InChI=1S/C26H19F6N3O5/c1-23-10-17(39-22(38)34-14-6-4-13(5-7-14)25(27,28)29)24(2,40-23)19-18(23)20(36)35(21(19)37)15-8-3-12(11-33)16(9-15)26(30,31)32/h3-9,17,36-37H,10H2,1-2H3,(H,34,38)/t17-,23-,24+/m1/s1. The molecule has 8 nitrogen and oxygen atoms in total. The Labute approximate surface area is 222 Å². The molecule has 2 bridgehead atoms. The number of carbonyl (C=O) groups excluding carboxylic acids is 1. The van der Waals surface area contributed by atoms with Crippen molar-refractivity contribution >= 4 is 11.8 Å². The predicted octanol–water partition coefficient (Wildman–Crippen LogP) is 6.28. The van der Waals surface area contributed by atoms with Crippen molar-refractivity contribution < 1.29 is 50.8 Å². The number of aromatic hydroxyl groups is 2. The van der Waals surface area contributed by atoms with Crippen LogP contribution < -0.4 is 5.32 Å². The van der Waals surface area contributed by atoms with Gasteiger partial charge < -0.3 is 19.7 Å². The van der Waals surface area contributed by atoms with Crippen LogP contribution in [0.15, 0.2) is 42.5 Å². The van der Waals surface area contributed by atoms with E-state index in [9.17, 15) is 41.4 Å². The minimum absolute atomic E-state index is 0.0102. The number of hydrogen-bond donors (Lipinski definition) is 3. The minimum atomic E-state index is -4.89. The summed E-state index contributed by atoms with van der Waals surface area (Å²) in [6.07, 6.45) is -11.6. The van der Waals surface area contributed by atoms with Crippen LogP contribution in [0.3, 0.4) is 0 Å². The Morgan fingerprint density at radius 1 is 1.05 bits per heavy atom. The van der Waals surface area contributed by atoms with Gasteiger partial charge in [0.25, 0.3) is 0 Å². The fourth-order valence-corrected chi connectivity index (χ4v) is 5.43. The smallest absolute Gasteiger partial charge is 0.417 e. The third kappa shape index (κ3) is 4.08. The van der Waals surface area contributed by atoms with Crippen molar-refractivity contribution in [3.63, 3.8) is 0 Å². The van der Waals surface area contributed by atoms with Gasteiger partial charge in [0.1, 0.15) is 17.3 Å². The topological polar surface area (TPSA) is 117 Å². The lowest BCUT2D eigenvalue weighted by molar-refractivity contribution is -0.138. The lowest BCUT2D eigenvalue weighted by Gasteiger charge is -2.29. The summed E-state index contributed by atoms with van der Waals surface area (Å²) in [5.74, 6) is -1.25. The molecule has 0 spiro atoms. The van der Waals surface area contributed by atoms with Crippen molar-refractivity contribution in [2.24, 2.45) is 0 Å². The first-order valence-electron chi connectivity index (χ1n) is 11.6. The highest BCUT2D eigenvalue weighted by Gasteiger charge is 2.66. The third-order valence-corrected chi connectivity index (χ3v) is 7.17. The molecule has 40 heavy (non-hydrogen) atoms. The Morgan fingerprint density at radius 3 is 2.25 bits per heavy atom. The average molecular weight is 567 g/mol. The molecule has 1 aromatic heterocycles. The van der Waals surface area contributed by atoms with E-state index in [2.05, 4.69) is 5.32 Å². The van der Waals surface area contributed by atoms with Crippen molar-refractivity contribution in [3.05, 3.63) is 70.3 Å². The molecule has 0 saturated carbocycles. The minimum Gasteiger partial charge on any atom is -0.494 e. The number of nitriles is 1. The molecule has 0 aliphatic carbocycles. The third-order valence-electron chi connectivity index (χ3n) is 7.17. The van der Waals surface area contributed by atoms with Gasteiger partial charge >= 0.3 is 18.4 Å². The van der Waals surface area contributed by atoms with Crippen molar-refractivity contribution in [2.45, 2.75) is 49.9 Å². The molecule has 5 rings (SSSR count). The van der Waals surface area contributed by atoms with Gasteiger partial charge in [-0.2, -0.15) is 31.6 Å². The summed E-state index contributed by atoms with van der Waals surface area (Å²) in [6, 6.07) is 7.75. The van der Waals surface area contributed by atoms with Crippen LogP contribution in [-0.2, 0) is 33.0 Å². The fraction of sp³-hybridized carbons (Fsp3) is 0.308. The van der Waals surface area contributed by atoms with E-state index in [4.69, 9.17) is 14.7 Å². The van der Waals surface area contributed by atoms with E-state index in [1.54, 1.807) is 0 Å². The van der Waals surface area contributed by atoms with Gasteiger partial charge in [0.05, 0.1) is 39.6 Å². The molecule has 1 amide bonds. The van der Waals surface area contributed by atoms with Crippen LogP contribution in [0.1, 0.15) is 48.1 Å². The Bertz CT molecular complexity index is 1570. The Hall–Kier alpha value is -4.38. The lowest BCUT2D eigenvalue weighted by Crippen LogP contribution is -2.38. The number of rotatable bonds is 3. The molecule has 3 aromatic rings. The zero-order valence-electron chi connectivity index (χ0n) is 20.6. The van der Waals surface area contributed by atoms with E-state index in [0.717, 1.165) is 41.0 Å². The van der Waals surface area contributed by atoms with Crippen LogP contribution in [0, 0.1) is 11.3 Å².